The lowest BCUT2D eigenvalue weighted by atomic mass is 9.67. The Morgan fingerprint density at radius 3 is 0.967 bits per heavy atom. The molecule has 2 aliphatic carbocycles. The number of fused-ring (bicyclic) bond motifs is 18. The summed E-state index contributed by atoms with van der Waals surface area (Å²) >= 11 is 0. The Morgan fingerprint density at radius 1 is 0.211 bits per heavy atom. The summed E-state index contributed by atoms with van der Waals surface area (Å²) in [5, 5.41) is 0. The topological polar surface area (TPSA) is 6.48 Å². The van der Waals surface area contributed by atoms with E-state index in [1.165, 1.54) is 89.0 Å². The molecule has 14 aromatic carbocycles. The Morgan fingerprint density at radius 2 is 0.544 bits per heavy atom. The van der Waals surface area contributed by atoms with E-state index in [9.17, 15) is 0 Å². The summed E-state index contributed by atoms with van der Waals surface area (Å²) in [6, 6.07) is 124. The van der Waals surface area contributed by atoms with E-state index in [0.29, 0.717) is 0 Å². The smallest absolute Gasteiger partial charge is 0.0714 e. The Balaban J connectivity index is 0.927. The van der Waals surface area contributed by atoms with Crippen molar-refractivity contribution in [3.63, 3.8) is 0 Å². The summed E-state index contributed by atoms with van der Waals surface area (Å²) in [4.78, 5) is 5.14. The van der Waals surface area contributed by atoms with Crippen molar-refractivity contribution >= 4 is 34.1 Å². The van der Waals surface area contributed by atoms with Gasteiger partial charge in [-0.15, -0.1) is 0 Å². The number of aryl methyl sites for hydroxylation is 2. The van der Waals surface area contributed by atoms with Crippen LogP contribution in [0.15, 0.2) is 328 Å². The van der Waals surface area contributed by atoms with Crippen molar-refractivity contribution in [3.8, 4) is 77.9 Å². The molecule has 0 N–H and O–H groups in total. The lowest BCUT2D eigenvalue weighted by Crippen LogP contribution is -2.29. The highest BCUT2D eigenvalue weighted by atomic mass is 15.2. The van der Waals surface area contributed by atoms with Crippen molar-refractivity contribution in [2.75, 3.05) is 9.80 Å². The normalized spacial score (nSPS) is 15.9. The summed E-state index contributed by atoms with van der Waals surface area (Å²) in [7, 11) is 0. The predicted octanol–water partition coefficient (Wildman–Crippen LogP) is 22.9. The summed E-state index contributed by atoms with van der Waals surface area (Å²) in [5.74, 6) is 0. The van der Waals surface area contributed by atoms with Gasteiger partial charge in [0, 0.05) is 33.6 Å². The maximum Gasteiger partial charge on any atom is 0.0714 e. The molecule has 2 heterocycles. The van der Waals surface area contributed by atoms with Crippen LogP contribution in [-0.2, 0) is 10.8 Å². The number of para-hydroxylation sites is 2. The van der Waals surface area contributed by atoms with Gasteiger partial charge in [0.1, 0.15) is 0 Å². The van der Waals surface area contributed by atoms with E-state index in [0.717, 1.165) is 78.6 Å². The van der Waals surface area contributed by atoms with Crippen LogP contribution >= 0.6 is 0 Å². The van der Waals surface area contributed by atoms with Gasteiger partial charge in [-0.2, -0.15) is 0 Å². The first-order valence-corrected chi connectivity index (χ1v) is 31.5. The minimum absolute atomic E-state index is 0.599. The second-order valence-corrected chi connectivity index (χ2v) is 24.8. The minimum atomic E-state index is -0.599. The zero-order valence-electron chi connectivity index (χ0n) is 50.1. The zero-order chi connectivity index (χ0) is 59.7. The third-order valence-corrected chi connectivity index (χ3v) is 20.0. The lowest BCUT2D eigenvalue weighted by molar-refractivity contribution is 0.768. The number of nitrogens with zero attached hydrogens (tertiary/aromatic N) is 2. The summed E-state index contributed by atoms with van der Waals surface area (Å²) < 4.78 is 0. The molecule has 0 saturated heterocycles. The van der Waals surface area contributed by atoms with E-state index >= 15 is 0 Å². The Hall–Kier alpha value is -11.3. The van der Waals surface area contributed by atoms with Gasteiger partial charge in [-0.3, -0.25) is 0 Å². The molecule has 2 atom stereocenters. The first-order valence-electron chi connectivity index (χ1n) is 31.5. The molecule has 0 spiro atoms. The molecule has 422 valence electrons. The SMILES string of the molecule is Cc1cc(-c2cc(C)c3c(c2)-c2cccc(c2)C2(c4ccccc4)c4ccccc4-c4ccc(cc42)N3c2ccccc2-c2ccccc2)cc2c1N(c1ccccc1-c1ccccc1)c1ccc3c(c1)C(c1ccccc1)(c1cccc-2c1)c1ccccc1-3. The van der Waals surface area contributed by atoms with Gasteiger partial charge in [0.25, 0.3) is 0 Å². The van der Waals surface area contributed by atoms with Gasteiger partial charge >= 0.3 is 0 Å². The summed E-state index contributed by atoms with van der Waals surface area (Å²) in [5.41, 5.74) is 34.8. The molecule has 2 unspecified atom stereocenters. The lowest BCUT2D eigenvalue weighted by Gasteiger charge is -2.38. The molecule has 2 aliphatic heterocycles. The van der Waals surface area contributed by atoms with E-state index < -0.39 is 10.8 Å². The fourth-order valence-electron chi connectivity index (χ4n) is 16.4. The van der Waals surface area contributed by atoms with Crippen molar-refractivity contribution in [2.45, 2.75) is 24.7 Å². The van der Waals surface area contributed by atoms with E-state index in [1.807, 2.05) is 0 Å². The van der Waals surface area contributed by atoms with Gasteiger partial charge in [-0.05, 0) is 198 Å². The third-order valence-electron chi connectivity index (χ3n) is 20.0. The first kappa shape index (κ1) is 51.9. The molecule has 90 heavy (non-hydrogen) atoms. The van der Waals surface area contributed by atoms with Gasteiger partial charge < -0.3 is 9.80 Å². The monoisotopic (exact) mass is 1140 g/mol. The number of rotatable bonds is 7. The molecule has 8 bridgehead atoms. The van der Waals surface area contributed by atoms with Gasteiger partial charge in [-0.1, -0.05) is 255 Å². The number of hydrogen-bond acceptors (Lipinski definition) is 2. The largest absolute Gasteiger partial charge is 0.309 e. The van der Waals surface area contributed by atoms with E-state index in [4.69, 9.17) is 0 Å². The van der Waals surface area contributed by atoms with E-state index in [1.54, 1.807) is 0 Å². The predicted molar refractivity (Wildman–Crippen MR) is 374 cm³/mol. The van der Waals surface area contributed by atoms with Crippen LogP contribution in [0.2, 0.25) is 0 Å². The first-order chi connectivity index (χ1) is 44.5. The summed E-state index contributed by atoms with van der Waals surface area (Å²) in [6.07, 6.45) is 0. The molecule has 0 aromatic heterocycles. The fourth-order valence-corrected chi connectivity index (χ4v) is 16.4. The van der Waals surface area contributed by atoms with Crippen molar-refractivity contribution in [2.24, 2.45) is 0 Å². The Labute approximate surface area is 526 Å². The highest BCUT2D eigenvalue weighted by molar-refractivity contribution is 6.02. The van der Waals surface area contributed by atoms with Crippen LogP contribution in [0.25, 0.3) is 77.9 Å². The number of benzene rings is 14. The number of anilines is 6. The Bertz CT molecular complexity index is 4890. The van der Waals surface area contributed by atoms with Crippen LogP contribution in [0.3, 0.4) is 0 Å². The zero-order valence-corrected chi connectivity index (χ0v) is 50.1. The average molecular weight is 1150 g/mol. The van der Waals surface area contributed by atoms with Crippen molar-refractivity contribution < 1.29 is 0 Å². The minimum Gasteiger partial charge on any atom is -0.309 e. The molecule has 0 saturated carbocycles. The van der Waals surface area contributed by atoms with Crippen LogP contribution in [0.5, 0.6) is 0 Å². The molecular weight excluding hydrogens is 1080 g/mol. The standard InChI is InChI=1S/C88H60N2/c1-57-49-63(53-77-61-29-23-35-67(51-61)87(65-31-11-5-12-32-65)79-41-19-15-39-73(79)75-47-45-69(55-81(75)87)89(85(57)77)83-43-21-17-37-71(83)59-25-7-3-8-26-59)64-50-58(2)86-78(54-64)62-30-24-36-68(52-62)88(66-33-13-6-14-34-66)80-42-20-16-40-74(80)76-48-46-70(56-82(76)88)90(86)84-44-22-18-38-72(84)60-27-9-4-10-28-60/h3-56H,1-2H3. The van der Waals surface area contributed by atoms with Crippen molar-refractivity contribution in [1.29, 1.82) is 0 Å². The molecule has 2 heteroatoms. The van der Waals surface area contributed by atoms with Crippen molar-refractivity contribution in [3.05, 3.63) is 383 Å². The van der Waals surface area contributed by atoms with Gasteiger partial charge in [-0.25, -0.2) is 0 Å². The second-order valence-electron chi connectivity index (χ2n) is 24.8. The fraction of sp³-hybridized carbons (Fsp3) is 0.0455. The second kappa shape index (κ2) is 20.1. The van der Waals surface area contributed by atoms with Gasteiger partial charge in [0.15, 0.2) is 0 Å². The van der Waals surface area contributed by atoms with Gasteiger partial charge in [0.05, 0.1) is 33.6 Å². The molecule has 2 nitrogen and oxygen atoms in total. The maximum atomic E-state index is 2.57. The number of hydrogen-bond donors (Lipinski definition) is 0. The van der Waals surface area contributed by atoms with Crippen LogP contribution in [-0.4, -0.2) is 0 Å². The molecular formula is C88H60N2. The van der Waals surface area contributed by atoms with Gasteiger partial charge in [0.2, 0.25) is 0 Å². The van der Waals surface area contributed by atoms with E-state index in [2.05, 4.69) is 351 Å². The quantitative estimate of drug-likeness (QED) is 0.157. The van der Waals surface area contributed by atoms with Crippen LogP contribution in [0.4, 0.5) is 34.1 Å². The molecule has 0 radical (unpaired) electrons. The average Bonchev–Trinajstić information content (AvgIpc) is 1.52. The van der Waals surface area contributed by atoms with E-state index in [-0.39, 0.29) is 0 Å². The molecule has 14 aromatic rings. The van der Waals surface area contributed by atoms with Crippen LogP contribution < -0.4 is 9.80 Å². The summed E-state index contributed by atoms with van der Waals surface area (Å²) in [6.45, 7) is 4.66. The molecule has 0 fully saturated rings. The van der Waals surface area contributed by atoms with Crippen molar-refractivity contribution in [1.82, 2.24) is 0 Å². The molecule has 18 rings (SSSR count). The molecule has 4 aliphatic rings. The highest BCUT2D eigenvalue weighted by Crippen LogP contribution is 2.62. The maximum absolute atomic E-state index is 2.57. The van der Waals surface area contributed by atoms with Crippen LogP contribution in [0, 0.1) is 13.8 Å². The van der Waals surface area contributed by atoms with Crippen LogP contribution in [0.1, 0.15) is 55.6 Å². The third kappa shape index (κ3) is 7.46. The molecule has 0 amide bonds. The Kier molecular flexibility index (Phi) is 11.6. The highest BCUT2D eigenvalue weighted by Gasteiger charge is 2.49.